The molecular formula is C18H22F2N8O. The van der Waals surface area contributed by atoms with Crippen molar-refractivity contribution < 1.29 is 13.5 Å². The Morgan fingerprint density at radius 1 is 1.21 bits per heavy atom. The Morgan fingerprint density at radius 2 is 2.00 bits per heavy atom. The van der Waals surface area contributed by atoms with Gasteiger partial charge in [-0.05, 0) is 14.0 Å². The van der Waals surface area contributed by atoms with Crippen LogP contribution in [0.3, 0.4) is 0 Å². The molecule has 0 aliphatic rings. The standard InChI is InChI=1S/C18H22F2N8O/c1-10(22-2)8-28-9-11(6-24-28)12-7-23-15(4-13(12)29-3)26-16-5-14(21)25-18(27-16)17(19)20/h4-7,9-10,17,22H,8H2,1-3H3,(H3,21,23,25,26,27)/t10-/m0/s1. The summed E-state index contributed by atoms with van der Waals surface area (Å²) < 4.78 is 33.0. The van der Waals surface area contributed by atoms with E-state index in [-0.39, 0.29) is 17.7 Å². The Kier molecular flexibility index (Phi) is 6.17. The molecule has 0 amide bonds. The van der Waals surface area contributed by atoms with Crippen LogP contribution in [0.25, 0.3) is 11.1 Å². The number of alkyl halides is 2. The lowest BCUT2D eigenvalue weighted by Gasteiger charge is -2.11. The lowest BCUT2D eigenvalue weighted by atomic mass is 10.1. The number of likely N-dealkylation sites (N-methyl/N-ethyl adjacent to an activating group) is 1. The molecular weight excluding hydrogens is 382 g/mol. The molecule has 0 saturated heterocycles. The van der Waals surface area contributed by atoms with E-state index < -0.39 is 12.2 Å². The van der Waals surface area contributed by atoms with Crippen LogP contribution in [0.2, 0.25) is 0 Å². The van der Waals surface area contributed by atoms with Crippen LogP contribution >= 0.6 is 0 Å². The molecule has 4 N–H and O–H groups in total. The van der Waals surface area contributed by atoms with Crippen molar-refractivity contribution in [2.24, 2.45) is 0 Å². The van der Waals surface area contributed by atoms with Crippen LogP contribution in [-0.4, -0.2) is 44.9 Å². The van der Waals surface area contributed by atoms with E-state index in [9.17, 15) is 8.78 Å². The van der Waals surface area contributed by atoms with Gasteiger partial charge in [0.2, 0.25) is 0 Å². The number of methoxy groups -OCH3 is 1. The van der Waals surface area contributed by atoms with Crippen LogP contribution in [0.1, 0.15) is 19.2 Å². The van der Waals surface area contributed by atoms with E-state index in [1.165, 1.54) is 13.2 Å². The Hall–Kier alpha value is -3.34. The van der Waals surface area contributed by atoms with Gasteiger partial charge in [-0.3, -0.25) is 4.68 Å². The zero-order valence-corrected chi connectivity index (χ0v) is 16.2. The summed E-state index contributed by atoms with van der Waals surface area (Å²) >= 11 is 0. The molecule has 0 aliphatic carbocycles. The van der Waals surface area contributed by atoms with Gasteiger partial charge < -0.3 is 21.1 Å². The third-order valence-corrected chi connectivity index (χ3v) is 4.20. The lowest BCUT2D eigenvalue weighted by Crippen LogP contribution is -2.26. The number of pyridine rings is 1. The van der Waals surface area contributed by atoms with Crippen LogP contribution in [0.4, 0.5) is 26.2 Å². The first-order valence-electron chi connectivity index (χ1n) is 8.83. The molecule has 0 radical (unpaired) electrons. The van der Waals surface area contributed by atoms with E-state index in [0.29, 0.717) is 18.1 Å². The van der Waals surface area contributed by atoms with E-state index >= 15 is 0 Å². The molecule has 0 unspecified atom stereocenters. The van der Waals surface area contributed by atoms with Gasteiger partial charge in [-0.2, -0.15) is 5.10 Å². The summed E-state index contributed by atoms with van der Waals surface area (Å²) in [7, 11) is 3.43. The molecule has 1 atom stereocenters. The van der Waals surface area contributed by atoms with Gasteiger partial charge in [-0.15, -0.1) is 0 Å². The number of anilines is 3. The monoisotopic (exact) mass is 404 g/mol. The molecule has 11 heteroatoms. The minimum absolute atomic E-state index is 0.0652. The van der Waals surface area contributed by atoms with E-state index in [0.717, 1.165) is 11.1 Å². The number of halogens is 2. The molecule has 3 heterocycles. The van der Waals surface area contributed by atoms with Crippen LogP contribution < -0.4 is 21.1 Å². The molecule has 0 saturated carbocycles. The van der Waals surface area contributed by atoms with Crippen LogP contribution in [0.5, 0.6) is 5.75 Å². The van der Waals surface area contributed by atoms with Gasteiger partial charge in [0.05, 0.1) is 19.9 Å². The summed E-state index contributed by atoms with van der Waals surface area (Å²) in [6, 6.07) is 3.26. The molecule has 0 fully saturated rings. The van der Waals surface area contributed by atoms with Crippen molar-refractivity contribution >= 4 is 17.5 Å². The fraction of sp³-hybridized carbons (Fsp3) is 0.333. The number of hydrogen-bond acceptors (Lipinski definition) is 8. The number of aromatic nitrogens is 5. The Bertz CT molecular complexity index is 978. The van der Waals surface area contributed by atoms with E-state index in [4.69, 9.17) is 10.5 Å². The number of ether oxygens (including phenoxy) is 1. The molecule has 0 spiro atoms. The van der Waals surface area contributed by atoms with Gasteiger partial charge in [-0.1, -0.05) is 0 Å². The van der Waals surface area contributed by atoms with Gasteiger partial charge in [0.15, 0.2) is 5.82 Å². The first-order valence-corrected chi connectivity index (χ1v) is 8.83. The maximum atomic E-state index is 12.9. The Labute approximate surface area is 166 Å². The third kappa shape index (κ3) is 4.93. The molecule has 0 aromatic carbocycles. The predicted molar refractivity (Wildman–Crippen MR) is 105 cm³/mol. The van der Waals surface area contributed by atoms with Crippen molar-refractivity contribution in [3.05, 3.63) is 36.5 Å². The number of rotatable bonds is 8. The zero-order chi connectivity index (χ0) is 21.0. The molecule has 0 aliphatic heterocycles. The number of nitrogens with zero attached hydrogens (tertiary/aromatic N) is 5. The molecule has 0 bridgehead atoms. The minimum Gasteiger partial charge on any atom is -0.496 e. The first-order chi connectivity index (χ1) is 13.9. The van der Waals surface area contributed by atoms with E-state index in [2.05, 4.69) is 37.6 Å². The van der Waals surface area contributed by atoms with Gasteiger partial charge in [0, 0.05) is 41.7 Å². The van der Waals surface area contributed by atoms with Crippen molar-refractivity contribution in [3.63, 3.8) is 0 Å². The highest BCUT2D eigenvalue weighted by Crippen LogP contribution is 2.31. The Morgan fingerprint density at radius 3 is 2.69 bits per heavy atom. The average molecular weight is 404 g/mol. The summed E-state index contributed by atoms with van der Waals surface area (Å²) in [6.07, 6.45) is 2.42. The van der Waals surface area contributed by atoms with Crippen molar-refractivity contribution in [2.45, 2.75) is 25.9 Å². The van der Waals surface area contributed by atoms with Gasteiger partial charge in [0.1, 0.15) is 23.2 Å². The van der Waals surface area contributed by atoms with Crippen molar-refractivity contribution in [2.75, 3.05) is 25.2 Å². The molecule has 9 nitrogen and oxygen atoms in total. The Balaban J connectivity index is 1.84. The highest BCUT2D eigenvalue weighted by Gasteiger charge is 2.15. The van der Waals surface area contributed by atoms with Crippen molar-refractivity contribution in [1.82, 2.24) is 30.0 Å². The maximum Gasteiger partial charge on any atom is 0.297 e. The minimum atomic E-state index is -2.83. The van der Waals surface area contributed by atoms with Crippen molar-refractivity contribution in [3.8, 4) is 16.9 Å². The topological polar surface area (TPSA) is 116 Å². The van der Waals surface area contributed by atoms with Crippen LogP contribution in [0.15, 0.2) is 30.7 Å². The predicted octanol–water partition coefficient (Wildman–Crippen LogP) is 2.62. The number of hydrogen-bond donors (Lipinski definition) is 3. The van der Waals surface area contributed by atoms with E-state index in [1.54, 1.807) is 18.5 Å². The van der Waals surface area contributed by atoms with Gasteiger partial charge in [-0.25, -0.2) is 23.7 Å². The highest BCUT2D eigenvalue weighted by molar-refractivity contribution is 5.71. The molecule has 3 aromatic heterocycles. The van der Waals surface area contributed by atoms with E-state index in [1.807, 2.05) is 17.9 Å². The number of nitrogens with two attached hydrogens (primary N) is 1. The molecule has 3 aromatic rings. The average Bonchev–Trinajstić information content (AvgIpc) is 3.15. The summed E-state index contributed by atoms with van der Waals surface area (Å²) in [5.74, 6) is 0.299. The smallest absolute Gasteiger partial charge is 0.297 e. The normalized spacial score (nSPS) is 12.2. The fourth-order valence-electron chi connectivity index (χ4n) is 2.64. The summed E-state index contributed by atoms with van der Waals surface area (Å²) in [5.41, 5.74) is 7.16. The number of nitrogen functional groups attached to an aromatic ring is 1. The molecule has 3 rings (SSSR count). The lowest BCUT2D eigenvalue weighted by molar-refractivity contribution is 0.140. The summed E-state index contributed by atoms with van der Waals surface area (Å²) in [5, 5.41) is 10.4. The summed E-state index contributed by atoms with van der Waals surface area (Å²) in [4.78, 5) is 11.6. The zero-order valence-electron chi connectivity index (χ0n) is 16.2. The quantitative estimate of drug-likeness (QED) is 0.525. The maximum absolute atomic E-state index is 12.9. The van der Waals surface area contributed by atoms with Crippen LogP contribution in [0, 0.1) is 0 Å². The largest absolute Gasteiger partial charge is 0.496 e. The molecule has 29 heavy (non-hydrogen) atoms. The van der Waals surface area contributed by atoms with Gasteiger partial charge >= 0.3 is 0 Å². The molecule has 154 valence electrons. The number of nitrogens with one attached hydrogen (secondary N) is 2. The third-order valence-electron chi connectivity index (χ3n) is 4.20. The SMILES string of the molecule is CN[C@@H](C)Cn1cc(-c2cnc(Nc3cc(N)nc(C(F)F)n3)cc2OC)cn1. The van der Waals surface area contributed by atoms with Gasteiger partial charge in [0.25, 0.3) is 6.43 Å². The second-order valence-electron chi connectivity index (χ2n) is 6.37. The first kappa shape index (κ1) is 20.4. The van der Waals surface area contributed by atoms with Crippen LogP contribution in [-0.2, 0) is 6.54 Å². The highest BCUT2D eigenvalue weighted by atomic mass is 19.3. The second kappa shape index (κ2) is 8.78. The second-order valence-corrected chi connectivity index (χ2v) is 6.37. The summed E-state index contributed by atoms with van der Waals surface area (Å²) in [6.45, 7) is 2.77. The van der Waals surface area contributed by atoms with Crippen molar-refractivity contribution in [1.29, 1.82) is 0 Å². The fourth-order valence-corrected chi connectivity index (χ4v) is 2.64.